The Morgan fingerprint density at radius 2 is 1.18 bits per heavy atom. The number of carboxylic acids is 1. The van der Waals surface area contributed by atoms with Gasteiger partial charge in [-0.1, -0.05) is 102 Å². The molecule has 0 aromatic heterocycles. The van der Waals surface area contributed by atoms with E-state index in [1.807, 2.05) is 12.2 Å². The van der Waals surface area contributed by atoms with Gasteiger partial charge in [0.25, 0.3) is 0 Å². The Kier molecular flexibility index (Phi) is 17.1. The van der Waals surface area contributed by atoms with Gasteiger partial charge in [0.2, 0.25) is 0 Å². The van der Waals surface area contributed by atoms with Gasteiger partial charge in [0.05, 0.1) is 6.42 Å². The number of carbonyl (C=O) groups is 1. The van der Waals surface area contributed by atoms with Crippen molar-refractivity contribution in [1.82, 2.24) is 0 Å². The number of aliphatic carboxylic acids is 1. The molecule has 0 heterocycles. The van der Waals surface area contributed by atoms with E-state index in [-0.39, 0.29) is 6.42 Å². The Morgan fingerprint density at radius 3 is 1.68 bits per heavy atom. The van der Waals surface area contributed by atoms with Gasteiger partial charge in [0, 0.05) is 0 Å². The third-order valence-corrected chi connectivity index (χ3v) is 3.90. The average Bonchev–Trinajstić information content (AvgIpc) is 2.50. The fraction of sp³-hybridized carbons (Fsp3) is 0.750. The zero-order chi connectivity index (χ0) is 16.3. The van der Waals surface area contributed by atoms with Crippen LogP contribution in [0, 0.1) is 0 Å². The Bertz CT molecular complexity index is 292. The maximum Gasteiger partial charge on any atom is 0.307 e. The van der Waals surface area contributed by atoms with Crippen molar-refractivity contribution in [3.05, 3.63) is 24.3 Å². The molecule has 0 rings (SSSR count). The number of hydrogen-bond donors (Lipinski definition) is 1. The van der Waals surface area contributed by atoms with Crippen molar-refractivity contribution in [3.8, 4) is 0 Å². The van der Waals surface area contributed by atoms with Crippen LogP contribution in [-0.4, -0.2) is 11.1 Å². The zero-order valence-electron chi connectivity index (χ0n) is 14.6. The molecule has 0 fully saturated rings. The number of allylic oxidation sites excluding steroid dienone is 3. The molecule has 0 radical (unpaired) electrons. The molecule has 0 saturated carbocycles. The maximum absolute atomic E-state index is 10.3. The summed E-state index contributed by atoms with van der Waals surface area (Å²) in [5.74, 6) is -0.773. The van der Waals surface area contributed by atoms with Crippen molar-refractivity contribution < 1.29 is 9.90 Å². The predicted molar refractivity (Wildman–Crippen MR) is 96.2 cm³/mol. The molecule has 2 heteroatoms. The topological polar surface area (TPSA) is 37.3 Å². The second-order valence-corrected chi connectivity index (χ2v) is 6.13. The minimum Gasteiger partial charge on any atom is -0.481 e. The second-order valence-electron chi connectivity index (χ2n) is 6.13. The number of rotatable bonds is 16. The first-order valence-corrected chi connectivity index (χ1v) is 9.30. The molecule has 0 aliphatic heterocycles. The normalized spacial score (nSPS) is 11.7. The lowest BCUT2D eigenvalue weighted by Gasteiger charge is -2.02. The second kappa shape index (κ2) is 18.0. The highest BCUT2D eigenvalue weighted by molar-refractivity contribution is 5.68. The first-order valence-electron chi connectivity index (χ1n) is 9.30. The van der Waals surface area contributed by atoms with E-state index in [1.54, 1.807) is 6.08 Å². The third kappa shape index (κ3) is 18.9. The summed E-state index contributed by atoms with van der Waals surface area (Å²) >= 11 is 0. The average molecular weight is 309 g/mol. The SMILES string of the molecule is CCCCCCCCCCCCCC/C=C/C=C/CC(=O)O. The van der Waals surface area contributed by atoms with E-state index in [4.69, 9.17) is 5.11 Å². The molecular weight excluding hydrogens is 272 g/mol. The molecule has 0 saturated heterocycles. The molecule has 0 atom stereocenters. The molecule has 0 aliphatic carbocycles. The molecule has 0 aromatic rings. The largest absolute Gasteiger partial charge is 0.481 e. The molecule has 0 spiro atoms. The Balaban J connectivity index is 3.12. The lowest BCUT2D eigenvalue weighted by molar-refractivity contribution is -0.136. The zero-order valence-corrected chi connectivity index (χ0v) is 14.6. The summed E-state index contributed by atoms with van der Waals surface area (Å²) < 4.78 is 0. The number of unbranched alkanes of at least 4 members (excludes halogenated alkanes) is 12. The molecule has 0 aromatic carbocycles. The van der Waals surface area contributed by atoms with Crippen molar-refractivity contribution in [3.63, 3.8) is 0 Å². The molecule has 1 N–H and O–H groups in total. The maximum atomic E-state index is 10.3. The Hall–Kier alpha value is -1.05. The number of carboxylic acid groups (broad SMARTS) is 1. The summed E-state index contributed by atoms with van der Waals surface area (Å²) in [7, 11) is 0. The van der Waals surface area contributed by atoms with E-state index in [1.165, 1.54) is 77.0 Å². The van der Waals surface area contributed by atoms with Gasteiger partial charge >= 0.3 is 5.97 Å². The van der Waals surface area contributed by atoms with Crippen LogP contribution in [-0.2, 0) is 4.79 Å². The highest BCUT2D eigenvalue weighted by Crippen LogP contribution is 2.12. The van der Waals surface area contributed by atoms with E-state index in [0.29, 0.717) is 0 Å². The third-order valence-electron chi connectivity index (χ3n) is 3.90. The molecular formula is C20H36O2. The van der Waals surface area contributed by atoms with Crippen LogP contribution in [0.4, 0.5) is 0 Å². The smallest absolute Gasteiger partial charge is 0.307 e. The van der Waals surface area contributed by atoms with Gasteiger partial charge in [-0.25, -0.2) is 0 Å². The van der Waals surface area contributed by atoms with E-state index in [0.717, 1.165) is 6.42 Å². The van der Waals surface area contributed by atoms with Gasteiger partial charge in [-0.05, 0) is 12.8 Å². The van der Waals surface area contributed by atoms with Gasteiger partial charge < -0.3 is 5.11 Å². The summed E-state index contributed by atoms with van der Waals surface area (Å²) in [6.07, 6.45) is 25.4. The highest BCUT2D eigenvalue weighted by Gasteiger charge is 1.92. The van der Waals surface area contributed by atoms with E-state index >= 15 is 0 Å². The quantitative estimate of drug-likeness (QED) is 0.255. The summed E-state index contributed by atoms with van der Waals surface area (Å²) in [5, 5.41) is 8.46. The monoisotopic (exact) mass is 308 g/mol. The van der Waals surface area contributed by atoms with Crippen molar-refractivity contribution in [1.29, 1.82) is 0 Å². The van der Waals surface area contributed by atoms with Gasteiger partial charge in [-0.2, -0.15) is 0 Å². The van der Waals surface area contributed by atoms with Crippen molar-refractivity contribution in [2.24, 2.45) is 0 Å². The Labute approximate surface area is 137 Å². The van der Waals surface area contributed by atoms with Crippen LogP contribution in [0.15, 0.2) is 24.3 Å². The summed E-state index contributed by atoms with van der Waals surface area (Å²) in [5.41, 5.74) is 0. The highest BCUT2D eigenvalue weighted by atomic mass is 16.4. The lowest BCUT2D eigenvalue weighted by atomic mass is 10.0. The van der Waals surface area contributed by atoms with Gasteiger partial charge in [0.1, 0.15) is 0 Å². The van der Waals surface area contributed by atoms with Crippen LogP contribution in [0.2, 0.25) is 0 Å². The first kappa shape index (κ1) is 20.9. The Morgan fingerprint density at radius 1 is 0.727 bits per heavy atom. The van der Waals surface area contributed by atoms with E-state index < -0.39 is 5.97 Å². The molecule has 128 valence electrons. The summed E-state index contributed by atoms with van der Waals surface area (Å²) in [6.45, 7) is 2.27. The van der Waals surface area contributed by atoms with Crippen LogP contribution >= 0.6 is 0 Å². The first-order chi connectivity index (χ1) is 10.8. The minimum absolute atomic E-state index is 0.114. The standard InChI is InChI=1S/C20H36O2/c1-2-3-4-5-6-7-8-9-10-11-12-13-14-15-16-17-18-19-20(21)22/h15-18H,2-14,19H2,1H3,(H,21,22)/b16-15+,18-17+. The fourth-order valence-corrected chi connectivity index (χ4v) is 2.53. The lowest BCUT2D eigenvalue weighted by Crippen LogP contribution is -1.89. The summed E-state index contributed by atoms with van der Waals surface area (Å²) in [6, 6.07) is 0. The van der Waals surface area contributed by atoms with Crippen molar-refractivity contribution in [2.45, 2.75) is 96.8 Å². The van der Waals surface area contributed by atoms with Crippen LogP contribution in [0.25, 0.3) is 0 Å². The number of hydrogen-bond acceptors (Lipinski definition) is 1. The fourth-order valence-electron chi connectivity index (χ4n) is 2.53. The van der Waals surface area contributed by atoms with Crippen LogP contribution in [0.1, 0.15) is 96.8 Å². The van der Waals surface area contributed by atoms with E-state index in [9.17, 15) is 4.79 Å². The van der Waals surface area contributed by atoms with Gasteiger partial charge in [0.15, 0.2) is 0 Å². The summed E-state index contributed by atoms with van der Waals surface area (Å²) in [4.78, 5) is 10.3. The van der Waals surface area contributed by atoms with E-state index in [2.05, 4.69) is 13.0 Å². The minimum atomic E-state index is -0.773. The predicted octanol–water partition coefficient (Wildman–Crippen LogP) is 6.66. The van der Waals surface area contributed by atoms with Crippen LogP contribution < -0.4 is 0 Å². The molecule has 0 aliphatic rings. The van der Waals surface area contributed by atoms with Crippen molar-refractivity contribution >= 4 is 5.97 Å². The van der Waals surface area contributed by atoms with Gasteiger partial charge in [-0.15, -0.1) is 0 Å². The molecule has 22 heavy (non-hydrogen) atoms. The molecule has 0 amide bonds. The molecule has 0 unspecified atom stereocenters. The van der Waals surface area contributed by atoms with Crippen LogP contribution in [0.5, 0.6) is 0 Å². The van der Waals surface area contributed by atoms with Crippen molar-refractivity contribution in [2.75, 3.05) is 0 Å². The molecule has 2 nitrogen and oxygen atoms in total. The van der Waals surface area contributed by atoms with Gasteiger partial charge in [-0.3, -0.25) is 4.79 Å². The van der Waals surface area contributed by atoms with Crippen LogP contribution in [0.3, 0.4) is 0 Å². The molecule has 0 bridgehead atoms.